The molecule has 0 spiro atoms. The van der Waals surface area contributed by atoms with Crippen molar-refractivity contribution in [3.8, 4) is 0 Å². The number of anilines is 1. The largest absolute Gasteiger partial charge is 0.416 e. The number of carbonyl (C=O) groups is 1. The van der Waals surface area contributed by atoms with Gasteiger partial charge in [0.25, 0.3) is 0 Å². The maximum atomic E-state index is 12.5. The monoisotopic (exact) mass is 307 g/mol. The molecule has 1 fully saturated rings. The fraction of sp³-hybridized carbons (Fsp3) is 0.364. The second kappa shape index (κ2) is 4.33. The van der Waals surface area contributed by atoms with Crippen molar-refractivity contribution in [2.45, 2.75) is 19.0 Å². The van der Waals surface area contributed by atoms with Crippen molar-refractivity contribution < 1.29 is 18.0 Å². The molecule has 0 bridgehead atoms. The van der Waals surface area contributed by atoms with Crippen molar-refractivity contribution >= 4 is 27.5 Å². The Morgan fingerprint density at radius 2 is 1.94 bits per heavy atom. The summed E-state index contributed by atoms with van der Waals surface area (Å²) in [6.45, 7) is 0. The van der Waals surface area contributed by atoms with Crippen molar-refractivity contribution in [1.82, 2.24) is 0 Å². The Hall–Kier alpha value is -1.04. The van der Waals surface area contributed by atoms with Gasteiger partial charge in [-0.1, -0.05) is 15.9 Å². The first kappa shape index (κ1) is 12.4. The molecule has 0 aromatic heterocycles. The number of hydrogen-bond donors (Lipinski definition) is 1. The van der Waals surface area contributed by atoms with Crippen LogP contribution >= 0.6 is 15.9 Å². The number of hydrogen-bond acceptors (Lipinski definition) is 1. The highest BCUT2D eigenvalue weighted by molar-refractivity contribution is 9.10. The third-order valence-corrected chi connectivity index (χ3v) is 2.90. The lowest BCUT2D eigenvalue weighted by Crippen LogP contribution is -2.14. The van der Waals surface area contributed by atoms with Gasteiger partial charge in [-0.25, -0.2) is 0 Å². The van der Waals surface area contributed by atoms with Gasteiger partial charge in [0.2, 0.25) is 5.91 Å². The number of nitrogens with one attached hydrogen (secondary N) is 1. The standard InChI is InChI=1S/C11H9BrF3NO/c12-8-3-7(11(13,14)15)4-9(5-8)16-10(17)6-1-2-6/h3-6H,1-2H2,(H,16,17). The van der Waals surface area contributed by atoms with E-state index < -0.39 is 11.7 Å². The average Bonchev–Trinajstić information content (AvgIpc) is 2.97. The third-order valence-electron chi connectivity index (χ3n) is 2.44. The Balaban J connectivity index is 2.22. The summed E-state index contributed by atoms with van der Waals surface area (Å²) in [5.74, 6) is -0.250. The lowest BCUT2D eigenvalue weighted by atomic mass is 10.2. The van der Waals surface area contributed by atoms with Gasteiger partial charge in [-0.05, 0) is 31.0 Å². The van der Waals surface area contributed by atoms with Crippen LogP contribution in [0.1, 0.15) is 18.4 Å². The van der Waals surface area contributed by atoms with Crippen LogP contribution in [0.3, 0.4) is 0 Å². The summed E-state index contributed by atoms with van der Waals surface area (Å²) in [4.78, 5) is 11.4. The van der Waals surface area contributed by atoms with E-state index >= 15 is 0 Å². The summed E-state index contributed by atoms with van der Waals surface area (Å²) in [6.07, 6.45) is -2.79. The first-order valence-corrected chi connectivity index (χ1v) is 5.84. The Morgan fingerprint density at radius 1 is 1.29 bits per heavy atom. The van der Waals surface area contributed by atoms with Crippen LogP contribution in [0.4, 0.5) is 18.9 Å². The zero-order valence-electron chi connectivity index (χ0n) is 8.64. The molecule has 6 heteroatoms. The SMILES string of the molecule is O=C(Nc1cc(Br)cc(C(F)(F)F)c1)C1CC1. The van der Waals surface area contributed by atoms with Crippen LogP contribution in [-0.4, -0.2) is 5.91 Å². The molecule has 0 atom stereocenters. The summed E-state index contributed by atoms with van der Waals surface area (Å²) in [7, 11) is 0. The number of benzene rings is 1. The zero-order valence-corrected chi connectivity index (χ0v) is 10.2. The Labute approximate surface area is 104 Å². The summed E-state index contributed by atoms with van der Waals surface area (Å²) >= 11 is 3.00. The quantitative estimate of drug-likeness (QED) is 0.884. The lowest BCUT2D eigenvalue weighted by molar-refractivity contribution is -0.137. The molecule has 1 N–H and O–H groups in total. The number of alkyl halides is 3. The highest BCUT2D eigenvalue weighted by atomic mass is 79.9. The number of rotatable bonds is 2. The van der Waals surface area contributed by atoms with Crippen LogP contribution in [0.15, 0.2) is 22.7 Å². The van der Waals surface area contributed by atoms with E-state index in [1.54, 1.807) is 0 Å². The molecule has 1 amide bonds. The smallest absolute Gasteiger partial charge is 0.326 e. The van der Waals surface area contributed by atoms with Gasteiger partial charge in [0.15, 0.2) is 0 Å². The highest BCUT2D eigenvalue weighted by Gasteiger charge is 2.32. The van der Waals surface area contributed by atoms with Gasteiger partial charge < -0.3 is 5.32 Å². The molecule has 1 aliphatic carbocycles. The number of carbonyl (C=O) groups excluding carboxylic acids is 1. The van der Waals surface area contributed by atoms with Crippen molar-refractivity contribution in [3.05, 3.63) is 28.2 Å². The molecule has 1 aliphatic rings. The maximum Gasteiger partial charge on any atom is 0.416 e. The van der Waals surface area contributed by atoms with E-state index in [1.807, 2.05) is 0 Å². The van der Waals surface area contributed by atoms with Crippen LogP contribution in [-0.2, 0) is 11.0 Å². The molecule has 0 radical (unpaired) electrons. The van der Waals surface area contributed by atoms with Gasteiger partial charge in [-0.15, -0.1) is 0 Å². The predicted octanol–water partition coefficient (Wildman–Crippen LogP) is 3.82. The molecule has 1 aromatic carbocycles. The highest BCUT2D eigenvalue weighted by Crippen LogP contribution is 2.34. The van der Waals surface area contributed by atoms with Gasteiger partial charge in [0.05, 0.1) is 5.56 Å². The minimum atomic E-state index is -4.41. The fourth-order valence-corrected chi connectivity index (χ4v) is 1.91. The molecule has 92 valence electrons. The Kier molecular flexibility index (Phi) is 3.16. The topological polar surface area (TPSA) is 29.1 Å². The summed E-state index contributed by atoms with van der Waals surface area (Å²) in [6, 6.07) is 3.37. The molecule has 0 heterocycles. The molecule has 1 aromatic rings. The van der Waals surface area contributed by atoms with Gasteiger partial charge in [0.1, 0.15) is 0 Å². The van der Waals surface area contributed by atoms with Crippen molar-refractivity contribution in [2.24, 2.45) is 5.92 Å². The number of amides is 1. The molecule has 0 unspecified atom stereocenters. The molecule has 0 aliphatic heterocycles. The van der Waals surface area contributed by atoms with E-state index in [0.29, 0.717) is 4.47 Å². The first-order chi connectivity index (χ1) is 7.86. The van der Waals surface area contributed by atoms with Crippen LogP contribution < -0.4 is 5.32 Å². The van der Waals surface area contributed by atoms with Gasteiger partial charge in [-0.3, -0.25) is 4.79 Å². The van der Waals surface area contributed by atoms with Crippen LogP contribution in [0.5, 0.6) is 0 Å². The normalized spacial score (nSPS) is 15.8. The number of halogens is 4. The van der Waals surface area contributed by atoms with Gasteiger partial charge >= 0.3 is 6.18 Å². The van der Waals surface area contributed by atoms with Crippen molar-refractivity contribution in [3.63, 3.8) is 0 Å². The van der Waals surface area contributed by atoms with E-state index in [2.05, 4.69) is 21.2 Å². The molecule has 1 saturated carbocycles. The molecule has 17 heavy (non-hydrogen) atoms. The third kappa shape index (κ3) is 3.21. The summed E-state index contributed by atoms with van der Waals surface area (Å²) in [5.41, 5.74) is -0.610. The van der Waals surface area contributed by atoms with E-state index in [0.717, 1.165) is 25.0 Å². The van der Waals surface area contributed by atoms with Crippen LogP contribution in [0.2, 0.25) is 0 Å². The Bertz CT molecular complexity index is 455. The van der Waals surface area contributed by atoms with Crippen LogP contribution in [0.25, 0.3) is 0 Å². The van der Waals surface area contributed by atoms with Gasteiger partial charge in [-0.2, -0.15) is 13.2 Å². The van der Waals surface area contributed by atoms with E-state index in [4.69, 9.17) is 0 Å². The first-order valence-electron chi connectivity index (χ1n) is 5.05. The van der Waals surface area contributed by atoms with Crippen molar-refractivity contribution in [1.29, 1.82) is 0 Å². The van der Waals surface area contributed by atoms with E-state index in [-0.39, 0.29) is 17.5 Å². The molecule has 2 rings (SSSR count). The minimum absolute atomic E-state index is 0.0386. The predicted molar refractivity (Wildman–Crippen MR) is 60.5 cm³/mol. The average molecular weight is 308 g/mol. The zero-order chi connectivity index (χ0) is 12.6. The minimum Gasteiger partial charge on any atom is -0.326 e. The Morgan fingerprint density at radius 3 is 2.47 bits per heavy atom. The van der Waals surface area contributed by atoms with E-state index in [1.165, 1.54) is 6.07 Å². The molecular formula is C11H9BrF3NO. The lowest BCUT2D eigenvalue weighted by Gasteiger charge is -2.10. The van der Waals surface area contributed by atoms with Gasteiger partial charge in [0, 0.05) is 16.1 Å². The second-order valence-corrected chi connectivity index (χ2v) is 4.91. The summed E-state index contributed by atoms with van der Waals surface area (Å²) in [5, 5.41) is 2.49. The van der Waals surface area contributed by atoms with Crippen molar-refractivity contribution in [2.75, 3.05) is 5.32 Å². The maximum absolute atomic E-state index is 12.5. The molecular weight excluding hydrogens is 299 g/mol. The summed E-state index contributed by atoms with van der Waals surface area (Å²) < 4.78 is 37.9. The molecule has 2 nitrogen and oxygen atoms in total. The fourth-order valence-electron chi connectivity index (χ4n) is 1.42. The second-order valence-electron chi connectivity index (χ2n) is 3.99. The van der Waals surface area contributed by atoms with E-state index in [9.17, 15) is 18.0 Å². The molecule has 0 saturated heterocycles. The van der Waals surface area contributed by atoms with Crippen LogP contribution in [0, 0.1) is 5.92 Å².